The van der Waals surface area contributed by atoms with Crippen molar-refractivity contribution in [3.63, 3.8) is 0 Å². The minimum atomic E-state index is -1.02. The zero-order chi connectivity index (χ0) is 22.5. The summed E-state index contributed by atoms with van der Waals surface area (Å²) < 4.78 is 5.34. The van der Waals surface area contributed by atoms with Gasteiger partial charge in [0.1, 0.15) is 0 Å². The van der Waals surface area contributed by atoms with E-state index in [4.69, 9.17) is 4.74 Å². The summed E-state index contributed by atoms with van der Waals surface area (Å²) in [5.41, 5.74) is 2.88. The molecule has 1 N–H and O–H groups in total. The van der Waals surface area contributed by atoms with E-state index in [2.05, 4.69) is 5.32 Å². The van der Waals surface area contributed by atoms with Crippen molar-refractivity contribution in [2.45, 2.75) is 39.7 Å². The summed E-state index contributed by atoms with van der Waals surface area (Å²) in [5, 5.41) is 2.66. The molecule has 0 radical (unpaired) electrons. The van der Waals surface area contributed by atoms with E-state index < -0.39 is 23.9 Å². The molecular formula is C24H26N2O5. The second-order valence-corrected chi connectivity index (χ2v) is 7.59. The van der Waals surface area contributed by atoms with Crippen LogP contribution in [-0.4, -0.2) is 36.2 Å². The third-order valence-corrected chi connectivity index (χ3v) is 5.34. The molecule has 3 rings (SSSR count). The third-order valence-electron chi connectivity index (χ3n) is 5.34. The van der Waals surface area contributed by atoms with Gasteiger partial charge in [0, 0.05) is 29.9 Å². The summed E-state index contributed by atoms with van der Waals surface area (Å²) in [4.78, 5) is 50.4. The van der Waals surface area contributed by atoms with Crippen molar-refractivity contribution in [2.75, 3.05) is 16.8 Å². The lowest BCUT2D eigenvalue weighted by Gasteiger charge is -2.20. The molecule has 2 aromatic rings. The Kier molecular flexibility index (Phi) is 6.84. The molecule has 2 atom stereocenters. The zero-order valence-corrected chi connectivity index (χ0v) is 17.9. The third kappa shape index (κ3) is 5.17. The predicted octanol–water partition coefficient (Wildman–Crippen LogP) is 3.37. The summed E-state index contributed by atoms with van der Waals surface area (Å²) in [6.45, 7) is 5.19. The highest BCUT2D eigenvalue weighted by atomic mass is 16.5. The number of aryl methyl sites for hydroxylation is 1. The van der Waals surface area contributed by atoms with E-state index in [0.717, 1.165) is 17.7 Å². The Balaban J connectivity index is 1.58. The van der Waals surface area contributed by atoms with Gasteiger partial charge in [0.2, 0.25) is 5.91 Å². The standard InChI is InChI=1S/C24H26N2O5/c1-4-17-7-5-6-8-21(17)26-14-19(13-22(26)28)24(30)31-16(3)23(29)25-20-11-9-18(10-12-20)15(2)27/h5-12,16,19H,4,13-14H2,1-3H3,(H,25,29)/t16-,19-/m0/s1. The number of benzene rings is 2. The molecule has 1 fully saturated rings. The van der Waals surface area contributed by atoms with Crippen LogP contribution in [-0.2, 0) is 25.5 Å². The van der Waals surface area contributed by atoms with Gasteiger partial charge in [-0.1, -0.05) is 25.1 Å². The van der Waals surface area contributed by atoms with Gasteiger partial charge in [0.15, 0.2) is 11.9 Å². The Labute approximate surface area is 181 Å². The molecule has 0 aromatic heterocycles. The minimum Gasteiger partial charge on any atom is -0.452 e. The first kappa shape index (κ1) is 22.2. The molecule has 1 saturated heterocycles. The van der Waals surface area contributed by atoms with Crippen molar-refractivity contribution in [1.29, 1.82) is 0 Å². The summed E-state index contributed by atoms with van der Waals surface area (Å²) in [7, 11) is 0. The van der Waals surface area contributed by atoms with Crippen LogP contribution in [0.25, 0.3) is 0 Å². The maximum atomic E-state index is 12.6. The van der Waals surface area contributed by atoms with E-state index in [1.165, 1.54) is 13.8 Å². The lowest BCUT2D eigenvalue weighted by molar-refractivity contribution is -0.157. The van der Waals surface area contributed by atoms with E-state index in [-0.39, 0.29) is 24.7 Å². The Hall–Kier alpha value is -3.48. The number of ketones is 1. The highest BCUT2D eigenvalue weighted by Crippen LogP contribution is 2.29. The van der Waals surface area contributed by atoms with E-state index in [1.807, 2.05) is 31.2 Å². The number of hydrogen-bond donors (Lipinski definition) is 1. The predicted molar refractivity (Wildman–Crippen MR) is 117 cm³/mol. The number of carbonyl (C=O) groups excluding carboxylic acids is 4. The van der Waals surface area contributed by atoms with Gasteiger partial charge in [-0.15, -0.1) is 0 Å². The van der Waals surface area contributed by atoms with Crippen molar-refractivity contribution in [3.05, 3.63) is 59.7 Å². The average Bonchev–Trinajstić information content (AvgIpc) is 3.15. The number of carbonyl (C=O) groups is 4. The number of hydrogen-bond acceptors (Lipinski definition) is 5. The number of Topliss-reactive ketones (excluding diaryl/α,β-unsaturated/α-hetero) is 1. The summed E-state index contributed by atoms with van der Waals surface area (Å²) in [6.07, 6.45) is -0.190. The molecule has 2 amide bonds. The van der Waals surface area contributed by atoms with Crippen LogP contribution in [0.3, 0.4) is 0 Å². The molecule has 0 saturated carbocycles. The minimum absolute atomic E-state index is 0.0533. The Morgan fingerprint density at radius 2 is 1.81 bits per heavy atom. The summed E-state index contributed by atoms with van der Waals surface area (Å²) in [5.74, 6) is -1.88. The van der Waals surface area contributed by atoms with Gasteiger partial charge in [-0.25, -0.2) is 0 Å². The lowest BCUT2D eigenvalue weighted by atomic mass is 10.1. The highest BCUT2D eigenvalue weighted by molar-refractivity contribution is 6.01. The van der Waals surface area contributed by atoms with Gasteiger partial charge in [0.25, 0.3) is 5.91 Å². The average molecular weight is 422 g/mol. The number of esters is 1. The van der Waals surface area contributed by atoms with Crippen molar-refractivity contribution in [3.8, 4) is 0 Å². The van der Waals surface area contributed by atoms with E-state index in [1.54, 1.807) is 29.2 Å². The first-order chi connectivity index (χ1) is 14.8. The van der Waals surface area contributed by atoms with Crippen molar-refractivity contribution in [2.24, 2.45) is 5.92 Å². The fraction of sp³-hybridized carbons (Fsp3) is 0.333. The second kappa shape index (κ2) is 9.55. The van der Waals surface area contributed by atoms with Crippen molar-refractivity contribution >= 4 is 34.9 Å². The lowest BCUT2D eigenvalue weighted by Crippen LogP contribution is -2.33. The van der Waals surface area contributed by atoms with Gasteiger partial charge >= 0.3 is 5.97 Å². The molecule has 1 aliphatic heterocycles. The molecule has 7 nitrogen and oxygen atoms in total. The van der Waals surface area contributed by atoms with E-state index >= 15 is 0 Å². The molecular weight excluding hydrogens is 396 g/mol. The second-order valence-electron chi connectivity index (χ2n) is 7.59. The molecule has 31 heavy (non-hydrogen) atoms. The van der Waals surface area contributed by atoms with Gasteiger partial charge in [-0.3, -0.25) is 19.2 Å². The number of ether oxygens (including phenoxy) is 1. The Morgan fingerprint density at radius 3 is 2.45 bits per heavy atom. The first-order valence-electron chi connectivity index (χ1n) is 10.3. The smallest absolute Gasteiger partial charge is 0.312 e. The number of amides is 2. The van der Waals surface area contributed by atoms with Crippen LogP contribution >= 0.6 is 0 Å². The van der Waals surface area contributed by atoms with Crippen LogP contribution in [0.1, 0.15) is 43.1 Å². The molecule has 1 aliphatic rings. The molecule has 7 heteroatoms. The first-order valence-corrected chi connectivity index (χ1v) is 10.3. The van der Waals surface area contributed by atoms with Gasteiger partial charge in [0.05, 0.1) is 5.92 Å². The summed E-state index contributed by atoms with van der Waals surface area (Å²) in [6, 6.07) is 14.1. The monoisotopic (exact) mass is 422 g/mol. The molecule has 2 aromatic carbocycles. The number of rotatable bonds is 7. The van der Waals surface area contributed by atoms with Gasteiger partial charge < -0.3 is 15.0 Å². The van der Waals surface area contributed by atoms with Crippen LogP contribution in [0.15, 0.2) is 48.5 Å². The van der Waals surface area contributed by atoms with Crippen molar-refractivity contribution < 1.29 is 23.9 Å². The maximum Gasteiger partial charge on any atom is 0.312 e. The zero-order valence-electron chi connectivity index (χ0n) is 17.9. The number of nitrogens with one attached hydrogen (secondary N) is 1. The maximum absolute atomic E-state index is 12.6. The topological polar surface area (TPSA) is 92.8 Å². The molecule has 162 valence electrons. The van der Waals surface area contributed by atoms with Crippen LogP contribution < -0.4 is 10.2 Å². The quantitative estimate of drug-likeness (QED) is 0.545. The van der Waals surface area contributed by atoms with Gasteiger partial charge in [-0.2, -0.15) is 0 Å². The largest absolute Gasteiger partial charge is 0.452 e. The van der Waals surface area contributed by atoms with E-state index in [0.29, 0.717) is 11.3 Å². The Morgan fingerprint density at radius 1 is 1.13 bits per heavy atom. The number of para-hydroxylation sites is 1. The molecule has 1 heterocycles. The van der Waals surface area contributed by atoms with Crippen LogP contribution in [0.5, 0.6) is 0 Å². The molecule has 0 bridgehead atoms. The molecule has 0 unspecified atom stereocenters. The Bertz CT molecular complexity index is 999. The fourth-order valence-electron chi connectivity index (χ4n) is 3.53. The SMILES string of the molecule is CCc1ccccc1N1C[C@@H](C(=O)O[C@@H](C)C(=O)Nc2ccc(C(C)=O)cc2)CC1=O. The molecule has 0 spiro atoms. The number of nitrogens with zero attached hydrogens (tertiary/aromatic N) is 1. The fourth-order valence-corrected chi connectivity index (χ4v) is 3.53. The van der Waals surface area contributed by atoms with Gasteiger partial charge in [-0.05, 0) is 56.2 Å². The van der Waals surface area contributed by atoms with E-state index in [9.17, 15) is 19.2 Å². The molecule has 0 aliphatic carbocycles. The number of anilines is 2. The normalized spacial score (nSPS) is 16.7. The highest BCUT2D eigenvalue weighted by Gasteiger charge is 2.37. The summed E-state index contributed by atoms with van der Waals surface area (Å²) >= 11 is 0. The van der Waals surface area contributed by atoms with Crippen molar-refractivity contribution in [1.82, 2.24) is 0 Å². The van der Waals surface area contributed by atoms with Crippen LogP contribution in [0, 0.1) is 5.92 Å². The van der Waals surface area contributed by atoms with Crippen LogP contribution in [0.2, 0.25) is 0 Å². The van der Waals surface area contributed by atoms with Crippen LogP contribution in [0.4, 0.5) is 11.4 Å².